The number of phenolic OH excluding ortho intramolecular Hbond substituents is 1. The number of phenols is 1. The van der Waals surface area contributed by atoms with Crippen LogP contribution in [0, 0.1) is 5.82 Å². The predicted molar refractivity (Wildman–Crippen MR) is 53.6 cm³/mol. The molecule has 0 aliphatic rings. The smallest absolute Gasteiger partial charge is 0.180 e. The quantitative estimate of drug-likeness (QED) is 0.758. The lowest BCUT2D eigenvalue weighted by molar-refractivity contribution is 0.469. The minimum Gasteiger partial charge on any atom is -0.508 e. The van der Waals surface area contributed by atoms with E-state index in [1.54, 1.807) is 5.38 Å². The number of aromatic hydroxyl groups is 1. The lowest BCUT2D eigenvalue weighted by Crippen LogP contribution is -1.86. The monoisotopic (exact) mass is 210 g/mol. The van der Waals surface area contributed by atoms with E-state index in [1.807, 2.05) is 0 Å². The second-order valence-electron chi connectivity index (χ2n) is 2.74. The molecular weight excluding hydrogens is 203 g/mol. The summed E-state index contributed by atoms with van der Waals surface area (Å²) in [5.41, 5.74) is 6.27. The lowest BCUT2D eigenvalue weighted by atomic mass is 10.1. The van der Waals surface area contributed by atoms with E-state index in [1.165, 1.54) is 23.5 Å². The molecule has 1 heterocycles. The van der Waals surface area contributed by atoms with Gasteiger partial charge in [-0.2, -0.15) is 0 Å². The van der Waals surface area contributed by atoms with E-state index in [2.05, 4.69) is 4.98 Å². The van der Waals surface area contributed by atoms with Crippen LogP contribution in [0.15, 0.2) is 23.6 Å². The van der Waals surface area contributed by atoms with E-state index in [9.17, 15) is 4.39 Å². The second-order valence-corrected chi connectivity index (χ2v) is 3.62. The average Bonchev–Trinajstić information content (AvgIpc) is 2.51. The first-order chi connectivity index (χ1) is 6.66. The summed E-state index contributed by atoms with van der Waals surface area (Å²) in [5, 5.41) is 11.1. The van der Waals surface area contributed by atoms with Gasteiger partial charge < -0.3 is 10.8 Å². The van der Waals surface area contributed by atoms with Crippen LogP contribution in [0.2, 0.25) is 0 Å². The van der Waals surface area contributed by atoms with Gasteiger partial charge in [-0.15, -0.1) is 11.3 Å². The first kappa shape index (κ1) is 8.96. The zero-order chi connectivity index (χ0) is 10.1. The molecule has 0 saturated carbocycles. The number of hydrogen-bond donors (Lipinski definition) is 2. The van der Waals surface area contributed by atoms with Crippen LogP contribution >= 0.6 is 11.3 Å². The largest absolute Gasteiger partial charge is 0.508 e. The summed E-state index contributed by atoms with van der Waals surface area (Å²) < 4.78 is 13.3. The Kier molecular flexibility index (Phi) is 2.09. The molecule has 1 aromatic heterocycles. The van der Waals surface area contributed by atoms with Gasteiger partial charge in [-0.05, 0) is 12.1 Å². The Labute approximate surface area is 83.6 Å². The minimum atomic E-state index is -0.504. The van der Waals surface area contributed by atoms with Gasteiger partial charge in [0, 0.05) is 17.0 Å². The zero-order valence-electron chi connectivity index (χ0n) is 7.07. The molecule has 3 nitrogen and oxygen atoms in total. The fraction of sp³-hybridized carbons (Fsp3) is 0. The van der Waals surface area contributed by atoms with Crippen molar-refractivity contribution in [2.45, 2.75) is 0 Å². The van der Waals surface area contributed by atoms with E-state index in [-0.39, 0.29) is 5.75 Å². The molecule has 2 rings (SSSR count). The molecule has 0 aliphatic heterocycles. The summed E-state index contributed by atoms with van der Waals surface area (Å²) in [6, 6.07) is 3.93. The molecule has 0 aliphatic carbocycles. The van der Waals surface area contributed by atoms with Crippen LogP contribution < -0.4 is 5.73 Å². The highest BCUT2D eigenvalue weighted by Gasteiger charge is 2.08. The third kappa shape index (κ3) is 1.54. The fourth-order valence-corrected chi connectivity index (χ4v) is 1.69. The molecule has 0 saturated heterocycles. The zero-order valence-corrected chi connectivity index (χ0v) is 7.88. The molecule has 5 heteroatoms. The van der Waals surface area contributed by atoms with Crippen molar-refractivity contribution >= 4 is 16.5 Å². The van der Waals surface area contributed by atoms with Crippen LogP contribution in [0.3, 0.4) is 0 Å². The Morgan fingerprint density at radius 3 is 2.79 bits per heavy atom. The molecule has 2 aromatic rings. The highest BCUT2D eigenvalue weighted by Crippen LogP contribution is 2.27. The maximum absolute atomic E-state index is 13.3. The highest BCUT2D eigenvalue weighted by molar-refractivity contribution is 7.13. The Morgan fingerprint density at radius 1 is 1.43 bits per heavy atom. The van der Waals surface area contributed by atoms with E-state index < -0.39 is 5.82 Å². The number of nitrogens with two attached hydrogens (primary N) is 1. The summed E-state index contributed by atoms with van der Waals surface area (Å²) in [6.45, 7) is 0. The number of anilines is 1. The van der Waals surface area contributed by atoms with Gasteiger partial charge in [0.25, 0.3) is 0 Å². The van der Waals surface area contributed by atoms with E-state index in [0.29, 0.717) is 16.4 Å². The third-order valence-corrected chi connectivity index (χ3v) is 2.42. The highest BCUT2D eigenvalue weighted by atomic mass is 32.1. The van der Waals surface area contributed by atoms with Crippen molar-refractivity contribution in [3.05, 3.63) is 29.4 Å². The number of hydrogen-bond acceptors (Lipinski definition) is 4. The first-order valence-electron chi connectivity index (χ1n) is 3.87. The summed E-state index contributed by atoms with van der Waals surface area (Å²) in [5.74, 6) is -0.607. The Morgan fingerprint density at radius 2 is 2.21 bits per heavy atom. The van der Waals surface area contributed by atoms with Crippen molar-refractivity contribution in [1.82, 2.24) is 4.98 Å². The van der Waals surface area contributed by atoms with Crippen molar-refractivity contribution in [2.24, 2.45) is 0 Å². The van der Waals surface area contributed by atoms with E-state index in [4.69, 9.17) is 10.8 Å². The van der Waals surface area contributed by atoms with Crippen LogP contribution in [-0.4, -0.2) is 10.1 Å². The minimum absolute atomic E-state index is 0.102. The van der Waals surface area contributed by atoms with Gasteiger partial charge in [0.1, 0.15) is 11.6 Å². The maximum atomic E-state index is 13.3. The molecule has 0 fully saturated rings. The summed E-state index contributed by atoms with van der Waals surface area (Å²) in [6.07, 6.45) is 0. The molecule has 0 spiro atoms. The molecule has 3 N–H and O–H groups in total. The molecule has 0 unspecified atom stereocenters. The predicted octanol–water partition coefficient (Wildman–Crippen LogP) is 2.24. The molecule has 0 amide bonds. The van der Waals surface area contributed by atoms with Gasteiger partial charge in [-0.1, -0.05) is 0 Å². The molecule has 0 bridgehead atoms. The first-order valence-corrected chi connectivity index (χ1v) is 4.74. The van der Waals surface area contributed by atoms with E-state index >= 15 is 0 Å². The number of halogens is 1. The number of nitrogen functional groups attached to an aromatic ring is 1. The number of nitrogens with zero attached hydrogens (tertiary/aromatic N) is 1. The summed E-state index contributed by atoms with van der Waals surface area (Å²) >= 11 is 1.25. The van der Waals surface area contributed by atoms with Crippen LogP contribution in [-0.2, 0) is 0 Å². The molecule has 0 radical (unpaired) electrons. The molecule has 72 valence electrons. The molecule has 1 aromatic carbocycles. The van der Waals surface area contributed by atoms with Crippen molar-refractivity contribution in [1.29, 1.82) is 0 Å². The Balaban J connectivity index is 2.52. The number of aromatic nitrogens is 1. The standard InChI is InChI=1S/C9H7FN2OS/c10-7-3-5(13)1-2-6(7)8-4-14-9(11)12-8/h1-4,13H,(H2,11,12). The van der Waals surface area contributed by atoms with Crippen molar-refractivity contribution < 1.29 is 9.50 Å². The Hall–Kier alpha value is -1.62. The number of thiazole rings is 1. The van der Waals surface area contributed by atoms with Crippen LogP contribution in [0.1, 0.15) is 0 Å². The molecular formula is C9H7FN2OS. The fourth-order valence-electron chi connectivity index (χ4n) is 1.12. The second kappa shape index (κ2) is 3.26. The molecule has 14 heavy (non-hydrogen) atoms. The van der Waals surface area contributed by atoms with Crippen LogP contribution in [0.5, 0.6) is 5.75 Å². The van der Waals surface area contributed by atoms with E-state index in [0.717, 1.165) is 6.07 Å². The van der Waals surface area contributed by atoms with Gasteiger partial charge in [0.05, 0.1) is 5.69 Å². The SMILES string of the molecule is Nc1nc(-c2ccc(O)cc2F)cs1. The van der Waals surface area contributed by atoms with Crippen molar-refractivity contribution in [3.8, 4) is 17.0 Å². The van der Waals surface area contributed by atoms with Crippen molar-refractivity contribution in [3.63, 3.8) is 0 Å². The number of rotatable bonds is 1. The van der Waals surface area contributed by atoms with Gasteiger partial charge in [-0.25, -0.2) is 9.37 Å². The van der Waals surface area contributed by atoms with Gasteiger partial charge in [-0.3, -0.25) is 0 Å². The normalized spacial score (nSPS) is 10.4. The van der Waals surface area contributed by atoms with Crippen LogP contribution in [0.25, 0.3) is 11.3 Å². The van der Waals surface area contributed by atoms with Gasteiger partial charge in [0.2, 0.25) is 0 Å². The maximum Gasteiger partial charge on any atom is 0.180 e. The van der Waals surface area contributed by atoms with Gasteiger partial charge in [0.15, 0.2) is 5.13 Å². The number of benzene rings is 1. The third-order valence-electron chi connectivity index (χ3n) is 1.75. The summed E-state index contributed by atoms with van der Waals surface area (Å²) in [4.78, 5) is 3.95. The topological polar surface area (TPSA) is 59.1 Å². The van der Waals surface area contributed by atoms with Gasteiger partial charge >= 0.3 is 0 Å². The van der Waals surface area contributed by atoms with Crippen molar-refractivity contribution in [2.75, 3.05) is 5.73 Å². The molecule has 0 atom stereocenters. The van der Waals surface area contributed by atoms with Crippen LogP contribution in [0.4, 0.5) is 9.52 Å². The lowest BCUT2D eigenvalue weighted by Gasteiger charge is -1.99. The Bertz CT molecular complexity index is 470. The summed E-state index contributed by atoms with van der Waals surface area (Å²) in [7, 11) is 0. The average molecular weight is 210 g/mol.